The van der Waals surface area contributed by atoms with Crippen LogP contribution < -0.4 is 10.1 Å². The Morgan fingerprint density at radius 1 is 1.24 bits per heavy atom. The molecule has 0 atom stereocenters. The van der Waals surface area contributed by atoms with Crippen LogP contribution >= 0.6 is 11.6 Å². The maximum Gasteiger partial charge on any atom is 0.258 e. The summed E-state index contributed by atoms with van der Waals surface area (Å²) >= 11 is 5.81. The van der Waals surface area contributed by atoms with E-state index >= 15 is 0 Å². The van der Waals surface area contributed by atoms with E-state index in [0.717, 1.165) is 11.0 Å². The molecular weight excluding hydrogens is 338 g/mol. The topological polar surface area (TPSA) is 56.2 Å². The second kappa shape index (κ2) is 7.73. The van der Waals surface area contributed by atoms with Crippen molar-refractivity contribution in [2.24, 2.45) is 0 Å². The number of aromatic nitrogens is 2. The van der Waals surface area contributed by atoms with E-state index in [2.05, 4.69) is 16.2 Å². The number of carbonyl (C=O) groups is 1. The Labute approximate surface area is 150 Å². The highest BCUT2D eigenvalue weighted by Crippen LogP contribution is 2.16. The molecule has 0 saturated heterocycles. The van der Waals surface area contributed by atoms with E-state index in [-0.39, 0.29) is 19.1 Å². The lowest BCUT2D eigenvalue weighted by Crippen LogP contribution is -2.29. The fraction of sp³-hybridized carbons (Fsp3) is 0.158. The largest absolute Gasteiger partial charge is 0.484 e. The van der Waals surface area contributed by atoms with Gasteiger partial charge in [-0.15, -0.1) is 6.42 Å². The third kappa shape index (κ3) is 4.11. The summed E-state index contributed by atoms with van der Waals surface area (Å²) in [5.74, 6) is 3.66. The van der Waals surface area contributed by atoms with Crippen LogP contribution in [0.2, 0.25) is 5.02 Å². The number of imidazole rings is 1. The zero-order valence-electron chi connectivity index (χ0n) is 13.4. The number of fused-ring (bicyclic) bond motifs is 1. The van der Waals surface area contributed by atoms with Gasteiger partial charge in [0.15, 0.2) is 6.61 Å². The predicted octanol–water partition coefficient (Wildman–Crippen LogP) is 3.02. The molecule has 3 rings (SSSR count). The van der Waals surface area contributed by atoms with Gasteiger partial charge in [-0.05, 0) is 36.4 Å². The van der Waals surface area contributed by atoms with Gasteiger partial charge >= 0.3 is 0 Å². The Morgan fingerprint density at radius 2 is 2.00 bits per heavy atom. The fourth-order valence-electron chi connectivity index (χ4n) is 2.44. The number of hydrogen-bond donors (Lipinski definition) is 1. The minimum atomic E-state index is -0.241. The van der Waals surface area contributed by atoms with Gasteiger partial charge in [0.1, 0.15) is 11.6 Å². The van der Waals surface area contributed by atoms with Gasteiger partial charge in [-0.1, -0.05) is 29.7 Å². The summed E-state index contributed by atoms with van der Waals surface area (Å²) < 4.78 is 7.33. The first-order valence-electron chi connectivity index (χ1n) is 7.70. The molecule has 2 aromatic carbocycles. The van der Waals surface area contributed by atoms with Crippen molar-refractivity contribution in [1.82, 2.24) is 14.9 Å². The van der Waals surface area contributed by atoms with E-state index in [9.17, 15) is 4.79 Å². The zero-order chi connectivity index (χ0) is 17.6. The quantitative estimate of drug-likeness (QED) is 0.693. The third-order valence-electron chi connectivity index (χ3n) is 3.61. The molecule has 1 N–H and O–H groups in total. The van der Waals surface area contributed by atoms with E-state index in [1.165, 1.54) is 0 Å². The second-order valence-corrected chi connectivity index (χ2v) is 5.76. The highest BCUT2D eigenvalue weighted by Gasteiger charge is 2.11. The standard InChI is InChI=1S/C19H16ClN3O2/c1-2-11-23-17-6-4-3-5-16(17)22-18(23)12-21-19(24)13-25-15-9-7-14(20)8-10-15/h1,3-10H,11-13H2,(H,21,24). The summed E-state index contributed by atoms with van der Waals surface area (Å²) in [5.41, 5.74) is 1.79. The molecule has 0 aliphatic carbocycles. The van der Waals surface area contributed by atoms with Crippen LogP contribution in [0.1, 0.15) is 5.82 Å². The van der Waals surface area contributed by atoms with Crippen molar-refractivity contribution in [2.75, 3.05) is 6.61 Å². The highest BCUT2D eigenvalue weighted by molar-refractivity contribution is 6.30. The van der Waals surface area contributed by atoms with E-state index in [4.69, 9.17) is 22.8 Å². The zero-order valence-corrected chi connectivity index (χ0v) is 14.2. The predicted molar refractivity (Wildman–Crippen MR) is 97.4 cm³/mol. The van der Waals surface area contributed by atoms with Gasteiger partial charge in [0.25, 0.3) is 5.91 Å². The number of amides is 1. The van der Waals surface area contributed by atoms with Crippen LogP contribution in [0.5, 0.6) is 5.75 Å². The average Bonchev–Trinajstić information content (AvgIpc) is 2.98. The van der Waals surface area contributed by atoms with Crippen LogP contribution in [0, 0.1) is 12.3 Å². The number of hydrogen-bond acceptors (Lipinski definition) is 3. The minimum absolute atomic E-state index is 0.0863. The fourth-order valence-corrected chi connectivity index (χ4v) is 2.56. The van der Waals surface area contributed by atoms with Crippen LogP contribution in [0.3, 0.4) is 0 Å². The molecule has 0 unspecified atom stereocenters. The van der Waals surface area contributed by atoms with Gasteiger partial charge in [0, 0.05) is 5.02 Å². The molecule has 0 aliphatic rings. The lowest BCUT2D eigenvalue weighted by Gasteiger charge is -2.09. The lowest BCUT2D eigenvalue weighted by molar-refractivity contribution is -0.123. The number of para-hydroxylation sites is 2. The molecule has 3 aromatic rings. The first-order valence-corrected chi connectivity index (χ1v) is 8.08. The normalized spacial score (nSPS) is 10.4. The van der Waals surface area contributed by atoms with Crippen LogP contribution in [0.15, 0.2) is 48.5 Å². The van der Waals surface area contributed by atoms with Gasteiger partial charge in [-0.25, -0.2) is 4.98 Å². The summed E-state index contributed by atoms with van der Waals surface area (Å²) in [6.07, 6.45) is 5.44. The number of nitrogens with zero attached hydrogens (tertiary/aromatic N) is 2. The Balaban J connectivity index is 1.62. The molecule has 0 fully saturated rings. The molecule has 5 nitrogen and oxygen atoms in total. The number of ether oxygens (including phenoxy) is 1. The summed E-state index contributed by atoms with van der Waals surface area (Å²) in [6.45, 7) is 0.586. The van der Waals surface area contributed by atoms with Gasteiger partial charge in [0.2, 0.25) is 0 Å². The maximum atomic E-state index is 12.0. The van der Waals surface area contributed by atoms with Gasteiger partial charge in [-0.2, -0.15) is 0 Å². The number of halogens is 1. The van der Waals surface area contributed by atoms with Crippen LogP contribution in [0.25, 0.3) is 11.0 Å². The minimum Gasteiger partial charge on any atom is -0.484 e. The van der Waals surface area contributed by atoms with Crippen LogP contribution in [-0.4, -0.2) is 22.1 Å². The Hall–Kier alpha value is -2.97. The van der Waals surface area contributed by atoms with E-state index in [0.29, 0.717) is 23.1 Å². The van der Waals surface area contributed by atoms with Crippen LogP contribution in [-0.2, 0) is 17.9 Å². The Kier molecular flexibility index (Phi) is 5.22. The number of nitrogens with one attached hydrogen (secondary N) is 1. The summed E-state index contributed by atoms with van der Waals surface area (Å²) in [5, 5.41) is 3.41. The molecule has 1 heterocycles. The number of terminal acetylenes is 1. The van der Waals surface area contributed by atoms with Crippen molar-refractivity contribution in [1.29, 1.82) is 0 Å². The first-order chi connectivity index (χ1) is 12.2. The Bertz CT molecular complexity index is 926. The Morgan fingerprint density at radius 3 is 2.76 bits per heavy atom. The van der Waals surface area contributed by atoms with Crippen molar-refractivity contribution in [3.05, 3.63) is 59.4 Å². The van der Waals surface area contributed by atoms with Crippen molar-refractivity contribution in [3.63, 3.8) is 0 Å². The van der Waals surface area contributed by atoms with E-state index < -0.39 is 0 Å². The first kappa shape index (κ1) is 16.9. The van der Waals surface area contributed by atoms with Crippen molar-refractivity contribution >= 4 is 28.5 Å². The molecule has 0 spiro atoms. The molecule has 6 heteroatoms. The van der Waals surface area contributed by atoms with Crippen molar-refractivity contribution in [2.45, 2.75) is 13.1 Å². The summed E-state index contributed by atoms with van der Waals surface area (Å²) in [6, 6.07) is 14.5. The maximum absolute atomic E-state index is 12.0. The van der Waals surface area contributed by atoms with Crippen LogP contribution in [0.4, 0.5) is 0 Å². The van der Waals surface area contributed by atoms with Crippen molar-refractivity contribution in [3.8, 4) is 18.1 Å². The van der Waals surface area contributed by atoms with Crippen molar-refractivity contribution < 1.29 is 9.53 Å². The lowest BCUT2D eigenvalue weighted by atomic mass is 10.3. The SMILES string of the molecule is C#CCn1c(CNC(=O)COc2ccc(Cl)cc2)nc2ccccc21. The summed E-state index contributed by atoms with van der Waals surface area (Å²) in [4.78, 5) is 16.5. The number of benzene rings is 2. The van der Waals surface area contributed by atoms with Gasteiger partial charge in [0.05, 0.1) is 24.1 Å². The number of rotatable bonds is 6. The summed E-state index contributed by atoms with van der Waals surface area (Å²) in [7, 11) is 0. The third-order valence-corrected chi connectivity index (χ3v) is 3.86. The number of carbonyl (C=O) groups excluding carboxylic acids is 1. The smallest absolute Gasteiger partial charge is 0.258 e. The highest BCUT2D eigenvalue weighted by atomic mass is 35.5. The second-order valence-electron chi connectivity index (χ2n) is 5.33. The molecular formula is C19H16ClN3O2. The monoisotopic (exact) mass is 353 g/mol. The van der Waals surface area contributed by atoms with Gasteiger partial charge < -0.3 is 14.6 Å². The molecule has 1 amide bonds. The molecule has 0 bridgehead atoms. The molecule has 126 valence electrons. The molecule has 1 aromatic heterocycles. The van der Waals surface area contributed by atoms with E-state index in [1.54, 1.807) is 24.3 Å². The molecule has 0 saturated carbocycles. The van der Waals surface area contributed by atoms with E-state index in [1.807, 2.05) is 28.8 Å². The molecule has 25 heavy (non-hydrogen) atoms. The average molecular weight is 354 g/mol. The van der Waals surface area contributed by atoms with Gasteiger partial charge in [-0.3, -0.25) is 4.79 Å². The molecule has 0 aliphatic heterocycles. The molecule has 0 radical (unpaired) electrons.